The Bertz CT molecular complexity index is 688. The first-order valence-electron chi connectivity index (χ1n) is 9.72. The van der Waals surface area contributed by atoms with Gasteiger partial charge in [0.2, 0.25) is 0 Å². The summed E-state index contributed by atoms with van der Waals surface area (Å²) in [7, 11) is 3.44. The third kappa shape index (κ3) is 5.96. The third-order valence-corrected chi connectivity index (χ3v) is 6.87. The van der Waals surface area contributed by atoms with Gasteiger partial charge in [-0.2, -0.15) is 0 Å². The quantitative estimate of drug-likeness (QED) is 0.395. The van der Waals surface area contributed by atoms with Crippen LogP contribution in [0.5, 0.6) is 11.5 Å². The summed E-state index contributed by atoms with van der Waals surface area (Å²) in [5.74, 6) is 3.50. The van der Waals surface area contributed by atoms with Crippen LogP contribution >= 0.6 is 23.5 Å². The zero-order chi connectivity index (χ0) is 20.5. The van der Waals surface area contributed by atoms with Crippen molar-refractivity contribution >= 4 is 34.3 Å². The normalized spacial score (nSPS) is 13.5. The second-order valence-electron chi connectivity index (χ2n) is 6.44. The van der Waals surface area contributed by atoms with Gasteiger partial charge in [0.15, 0.2) is 0 Å². The second-order valence-corrected chi connectivity index (χ2v) is 8.56. The fourth-order valence-corrected chi connectivity index (χ4v) is 5.08. The number of methoxy groups -OCH3 is 2. The molecular formula is C22H32O4S2. The maximum absolute atomic E-state index is 5.71. The lowest BCUT2D eigenvalue weighted by atomic mass is 10.1. The first-order valence-corrected chi connectivity index (χ1v) is 11.7. The average molecular weight is 425 g/mol. The van der Waals surface area contributed by atoms with Crippen molar-refractivity contribution < 1.29 is 18.9 Å². The number of ether oxygens (including phenoxy) is 4. The van der Waals surface area contributed by atoms with Gasteiger partial charge in [-0.3, -0.25) is 0 Å². The smallest absolute Gasteiger partial charge is 0.128 e. The monoisotopic (exact) mass is 424 g/mol. The third-order valence-electron chi connectivity index (χ3n) is 4.30. The molecule has 0 saturated heterocycles. The number of benzene rings is 2. The van der Waals surface area contributed by atoms with Crippen LogP contribution < -0.4 is 9.47 Å². The minimum atomic E-state index is 0.197. The fourth-order valence-electron chi connectivity index (χ4n) is 3.03. The summed E-state index contributed by atoms with van der Waals surface area (Å²) in [5.41, 5.74) is 0. The van der Waals surface area contributed by atoms with E-state index in [1.54, 1.807) is 37.7 Å². The first kappa shape index (κ1) is 23.2. The maximum atomic E-state index is 5.71. The molecule has 156 valence electrons. The Kier molecular flexibility index (Phi) is 9.79. The van der Waals surface area contributed by atoms with Crippen LogP contribution in [0.1, 0.15) is 27.7 Å². The van der Waals surface area contributed by atoms with Crippen LogP contribution in [0.25, 0.3) is 10.8 Å². The van der Waals surface area contributed by atoms with Crippen LogP contribution in [0.3, 0.4) is 0 Å². The Morgan fingerprint density at radius 1 is 0.714 bits per heavy atom. The van der Waals surface area contributed by atoms with Gasteiger partial charge < -0.3 is 18.9 Å². The number of hydrogen-bond donors (Lipinski definition) is 0. The highest BCUT2D eigenvalue weighted by atomic mass is 32.2. The van der Waals surface area contributed by atoms with E-state index >= 15 is 0 Å². The Morgan fingerprint density at radius 3 is 1.43 bits per heavy atom. The summed E-state index contributed by atoms with van der Waals surface area (Å²) >= 11 is 3.59. The summed E-state index contributed by atoms with van der Waals surface area (Å²) in [5, 5.41) is 2.20. The van der Waals surface area contributed by atoms with Crippen molar-refractivity contribution in [3.8, 4) is 11.5 Å². The van der Waals surface area contributed by atoms with Crippen LogP contribution in [0, 0.1) is 0 Å². The largest absolute Gasteiger partial charge is 0.496 e. The molecule has 0 aliphatic rings. The number of fused-ring (bicyclic) bond motifs is 1. The maximum Gasteiger partial charge on any atom is 0.128 e. The van der Waals surface area contributed by atoms with Crippen LogP contribution in [0.4, 0.5) is 0 Å². The van der Waals surface area contributed by atoms with E-state index in [-0.39, 0.29) is 12.2 Å². The van der Waals surface area contributed by atoms with E-state index in [0.717, 1.165) is 47.0 Å². The molecule has 0 saturated carbocycles. The average Bonchev–Trinajstić information content (AvgIpc) is 2.70. The van der Waals surface area contributed by atoms with Crippen molar-refractivity contribution in [1.82, 2.24) is 0 Å². The van der Waals surface area contributed by atoms with Gasteiger partial charge in [0.05, 0.1) is 26.4 Å². The molecule has 0 bridgehead atoms. The SMILES string of the molecule is CCOC(C)CSc1ccc(OC)c2c(SCC(C)OCC)ccc(OC)c12. The van der Waals surface area contributed by atoms with Gasteiger partial charge >= 0.3 is 0 Å². The highest BCUT2D eigenvalue weighted by Gasteiger charge is 2.17. The molecule has 0 N–H and O–H groups in total. The van der Waals surface area contributed by atoms with Gasteiger partial charge in [-0.15, -0.1) is 23.5 Å². The van der Waals surface area contributed by atoms with E-state index in [0.29, 0.717) is 0 Å². The summed E-state index contributed by atoms with van der Waals surface area (Å²) in [6.07, 6.45) is 0.394. The van der Waals surface area contributed by atoms with Crippen LogP contribution in [0.15, 0.2) is 34.1 Å². The Morgan fingerprint density at radius 2 is 1.11 bits per heavy atom. The molecule has 0 aromatic heterocycles. The minimum absolute atomic E-state index is 0.197. The first-order chi connectivity index (χ1) is 13.5. The van der Waals surface area contributed by atoms with Gasteiger partial charge in [0.1, 0.15) is 11.5 Å². The van der Waals surface area contributed by atoms with Crippen LogP contribution in [-0.4, -0.2) is 51.1 Å². The summed E-state index contributed by atoms with van der Waals surface area (Å²) in [4.78, 5) is 2.36. The topological polar surface area (TPSA) is 36.9 Å². The predicted octanol–water partition coefficient (Wildman–Crippen LogP) is 5.89. The zero-order valence-corrected chi connectivity index (χ0v) is 19.4. The van der Waals surface area contributed by atoms with Crippen molar-refractivity contribution in [2.45, 2.75) is 49.7 Å². The molecule has 2 aromatic carbocycles. The standard InChI is InChI=1S/C22H32O4S2/c1-7-25-15(3)13-27-19-11-9-18(24-6)22-20(28-14-16(4)26-8-2)12-10-17(23-5)21(19)22/h9-12,15-16H,7-8,13-14H2,1-6H3. The van der Waals surface area contributed by atoms with Gasteiger partial charge in [-0.05, 0) is 52.0 Å². The molecule has 0 amide bonds. The van der Waals surface area contributed by atoms with Gasteiger partial charge in [-0.25, -0.2) is 0 Å². The van der Waals surface area contributed by atoms with Crippen molar-refractivity contribution in [2.24, 2.45) is 0 Å². The molecule has 2 atom stereocenters. The fraction of sp³-hybridized carbons (Fsp3) is 0.545. The van der Waals surface area contributed by atoms with E-state index in [2.05, 4.69) is 26.0 Å². The summed E-state index contributed by atoms with van der Waals surface area (Å²) in [6, 6.07) is 8.32. The molecule has 0 spiro atoms. The Labute approximate surface area is 177 Å². The van der Waals surface area contributed by atoms with E-state index in [1.807, 2.05) is 26.0 Å². The molecule has 28 heavy (non-hydrogen) atoms. The van der Waals surface area contributed by atoms with E-state index in [4.69, 9.17) is 18.9 Å². The highest BCUT2D eigenvalue weighted by molar-refractivity contribution is 8.00. The van der Waals surface area contributed by atoms with Crippen molar-refractivity contribution in [3.05, 3.63) is 24.3 Å². The van der Waals surface area contributed by atoms with Crippen molar-refractivity contribution in [3.63, 3.8) is 0 Å². The molecule has 0 fully saturated rings. The van der Waals surface area contributed by atoms with Gasteiger partial charge in [0, 0.05) is 45.3 Å². The molecule has 6 heteroatoms. The van der Waals surface area contributed by atoms with Gasteiger partial charge in [-0.1, -0.05) is 0 Å². The van der Waals surface area contributed by atoms with Crippen LogP contribution in [-0.2, 0) is 9.47 Å². The molecular weight excluding hydrogens is 392 g/mol. The second kappa shape index (κ2) is 11.8. The van der Waals surface area contributed by atoms with E-state index in [1.165, 1.54) is 9.79 Å². The van der Waals surface area contributed by atoms with Crippen molar-refractivity contribution in [2.75, 3.05) is 38.9 Å². The highest BCUT2D eigenvalue weighted by Crippen LogP contribution is 2.44. The molecule has 0 radical (unpaired) electrons. The molecule has 2 rings (SSSR count). The Balaban J connectivity index is 2.44. The molecule has 0 heterocycles. The molecule has 0 aliphatic heterocycles. The predicted molar refractivity (Wildman–Crippen MR) is 121 cm³/mol. The lowest BCUT2D eigenvalue weighted by Gasteiger charge is -2.18. The Hall–Kier alpha value is -1.08. The lowest BCUT2D eigenvalue weighted by molar-refractivity contribution is 0.0929. The summed E-state index contributed by atoms with van der Waals surface area (Å²) in [6.45, 7) is 9.73. The number of rotatable bonds is 12. The number of thioether (sulfide) groups is 2. The molecule has 2 unspecified atom stereocenters. The van der Waals surface area contributed by atoms with Crippen LogP contribution in [0.2, 0.25) is 0 Å². The molecule has 2 aromatic rings. The minimum Gasteiger partial charge on any atom is -0.496 e. The molecule has 0 aliphatic carbocycles. The van der Waals surface area contributed by atoms with E-state index < -0.39 is 0 Å². The van der Waals surface area contributed by atoms with Gasteiger partial charge in [0.25, 0.3) is 0 Å². The number of hydrogen-bond acceptors (Lipinski definition) is 6. The van der Waals surface area contributed by atoms with Crippen molar-refractivity contribution in [1.29, 1.82) is 0 Å². The summed E-state index contributed by atoms with van der Waals surface area (Å²) < 4.78 is 22.8. The lowest BCUT2D eigenvalue weighted by Crippen LogP contribution is -2.11. The molecule has 4 nitrogen and oxygen atoms in total. The zero-order valence-electron chi connectivity index (χ0n) is 17.7. The van der Waals surface area contributed by atoms with E-state index in [9.17, 15) is 0 Å².